The van der Waals surface area contributed by atoms with Crippen LogP contribution < -0.4 is 0 Å². The fourth-order valence-electron chi connectivity index (χ4n) is 30.4. The lowest BCUT2D eigenvalue weighted by atomic mass is 9.57. The number of benzene rings is 8. The van der Waals surface area contributed by atoms with E-state index >= 15 is 0 Å². The summed E-state index contributed by atoms with van der Waals surface area (Å²) in [5.74, 6) is 7.71. The van der Waals surface area contributed by atoms with E-state index in [1.54, 1.807) is 55.1 Å². The zero-order valence-electron chi connectivity index (χ0n) is 75.1. The van der Waals surface area contributed by atoms with Crippen molar-refractivity contribution in [3.8, 4) is 77.9 Å². The molecule has 0 saturated heterocycles. The summed E-state index contributed by atoms with van der Waals surface area (Å²) in [4.78, 5) is 11.7. The van der Waals surface area contributed by atoms with Gasteiger partial charge in [-0.05, 0) is 325 Å². The maximum Gasteiger partial charge on any atom is 0.0728 e. The molecule has 618 valence electrons. The molecule has 4 aromatic heterocycles. The van der Waals surface area contributed by atoms with Crippen molar-refractivity contribution in [3.63, 3.8) is 0 Å². The van der Waals surface area contributed by atoms with Gasteiger partial charge >= 0.3 is 0 Å². The van der Waals surface area contributed by atoms with Crippen molar-refractivity contribution < 1.29 is 0 Å². The highest BCUT2D eigenvalue weighted by molar-refractivity contribution is 6.28. The van der Waals surface area contributed by atoms with Gasteiger partial charge in [-0.3, -0.25) is 9.97 Å². The van der Waals surface area contributed by atoms with Crippen LogP contribution in [0, 0.1) is 47.3 Å². The predicted molar refractivity (Wildman–Crippen MR) is 508 cm³/mol. The molecular weight excluding hydrogens is 1450 g/mol. The second-order valence-electron chi connectivity index (χ2n) is 42.6. The lowest BCUT2D eigenvalue weighted by Crippen LogP contribution is -2.42. The average molecular weight is 1580 g/mol. The molecule has 8 bridgehead atoms. The van der Waals surface area contributed by atoms with E-state index in [0.29, 0.717) is 47.3 Å². The third-order valence-corrected chi connectivity index (χ3v) is 35.7. The Kier molecular flexibility index (Phi) is 19.3. The smallest absolute Gasteiger partial charge is 0.0728 e. The summed E-state index contributed by atoms with van der Waals surface area (Å²) in [6, 6.07) is 58.9. The van der Waals surface area contributed by atoms with Crippen LogP contribution >= 0.6 is 0 Å². The second kappa shape index (κ2) is 29.8. The summed E-state index contributed by atoms with van der Waals surface area (Å²) >= 11 is 0. The molecule has 8 aromatic carbocycles. The summed E-state index contributed by atoms with van der Waals surface area (Å²) in [6.45, 7) is 30.0. The van der Waals surface area contributed by atoms with Crippen LogP contribution in [0.3, 0.4) is 0 Å². The van der Waals surface area contributed by atoms with Gasteiger partial charge in [0.25, 0.3) is 0 Å². The van der Waals surface area contributed by atoms with Crippen LogP contribution in [0.25, 0.3) is 116 Å². The predicted octanol–water partition coefficient (Wildman–Crippen LogP) is 33.4. The SMILES string of the molecule is CCCCCCC(CC)C1(C(CC)CCCCC)c2cc(-c3ccc4c(c3)C(C)(C)c3ccccc3-4)ccc2-c2ccc(-c3ccc4c(c3)C(C)(C)c3cc(-c5ccc6c(c5)C(CC(CC)CCCC)(C(CC)CCCCC)c5c-6cc6c7c8c(ncc7n7c9cnc%10c(c9c5c67)C5CC6CC(CC%10C6)C5)C5CC6CC(C5)CC8C6)ccc3-4)cc21. The van der Waals surface area contributed by atoms with E-state index in [1.165, 1.54) is 327 Å². The lowest BCUT2D eigenvalue weighted by Gasteiger charge is -2.46. The van der Waals surface area contributed by atoms with Gasteiger partial charge in [-0.2, -0.15) is 0 Å². The van der Waals surface area contributed by atoms with Gasteiger partial charge < -0.3 is 4.40 Å². The van der Waals surface area contributed by atoms with Gasteiger partial charge in [0, 0.05) is 66.4 Å². The summed E-state index contributed by atoms with van der Waals surface area (Å²) in [6.07, 6.45) is 44.8. The monoisotopic (exact) mass is 1580 g/mol. The number of nitrogens with zero attached hydrogens (tertiary/aromatic N) is 3. The van der Waals surface area contributed by atoms with Gasteiger partial charge in [0.2, 0.25) is 0 Å². The number of hydrogen-bond donors (Lipinski definition) is 0. The van der Waals surface area contributed by atoms with Crippen molar-refractivity contribution >= 4 is 38.1 Å². The first kappa shape index (κ1) is 77.9. The number of aromatic nitrogens is 3. The molecule has 120 heavy (non-hydrogen) atoms. The molecular formula is C117H135N3. The number of pyridine rings is 2. The van der Waals surface area contributed by atoms with Crippen molar-refractivity contribution in [2.24, 2.45) is 47.3 Å². The summed E-state index contributed by atoms with van der Waals surface area (Å²) < 4.78 is 2.84. The Balaban J connectivity index is 0.694. The van der Waals surface area contributed by atoms with Gasteiger partial charge in [-0.15, -0.1) is 0 Å². The first-order valence-electron chi connectivity index (χ1n) is 49.7. The highest BCUT2D eigenvalue weighted by Gasteiger charge is 2.56. The van der Waals surface area contributed by atoms with Crippen molar-refractivity contribution in [1.29, 1.82) is 0 Å². The molecule has 12 aliphatic carbocycles. The topological polar surface area (TPSA) is 30.2 Å². The molecule has 0 amide bonds. The highest BCUT2D eigenvalue weighted by Crippen LogP contribution is 2.68. The molecule has 12 aromatic rings. The van der Waals surface area contributed by atoms with Crippen molar-refractivity contribution in [2.75, 3.05) is 0 Å². The van der Waals surface area contributed by atoms with Gasteiger partial charge in [0.15, 0.2) is 0 Å². The van der Waals surface area contributed by atoms with Gasteiger partial charge in [0.1, 0.15) is 0 Å². The molecule has 0 spiro atoms. The van der Waals surface area contributed by atoms with Crippen molar-refractivity contribution in [3.05, 3.63) is 219 Å². The van der Waals surface area contributed by atoms with Crippen LogP contribution in [0.15, 0.2) is 152 Å². The first-order valence-corrected chi connectivity index (χ1v) is 49.7. The van der Waals surface area contributed by atoms with Crippen LogP contribution in [0.5, 0.6) is 0 Å². The fourth-order valence-corrected chi connectivity index (χ4v) is 30.4. The highest BCUT2D eigenvalue weighted by atomic mass is 15.0. The fraction of sp³-hybridized carbons (Fsp3) is 0.504. The minimum Gasteiger partial charge on any atom is -0.305 e. The molecule has 3 nitrogen and oxygen atoms in total. The van der Waals surface area contributed by atoms with E-state index in [1.807, 2.05) is 0 Å². The quantitative estimate of drug-likeness (QED) is 0.0458. The Morgan fingerprint density at radius 2 is 0.733 bits per heavy atom. The molecule has 0 radical (unpaired) electrons. The molecule has 4 saturated carbocycles. The third kappa shape index (κ3) is 11.4. The van der Waals surface area contributed by atoms with E-state index < -0.39 is 0 Å². The normalized spacial score (nSPS) is 25.1. The first-order chi connectivity index (χ1) is 58.6. The van der Waals surface area contributed by atoms with E-state index in [0.717, 1.165) is 23.7 Å². The molecule has 0 N–H and O–H groups in total. The van der Waals surface area contributed by atoms with Crippen LogP contribution in [-0.4, -0.2) is 14.4 Å². The van der Waals surface area contributed by atoms with Crippen molar-refractivity contribution in [2.45, 2.75) is 327 Å². The largest absolute Gasteiger partial charge is 0.305 e. The maximum atomic E-state index is 5.89. The van der Waals surface area contributed by atoms with Crippen LogP contribution in [0.1, 0.15) is 373 Å². The van der Waals surface area contributed by atoms with Crippen LogP contribution in [0.4, 0.5) is 0 Å². The van der Waals surface area contributed by atoms with Gasteiger partial charge in [0.05, 0.1) is 28.9 Å². The summed E-state index contributed by atoms with van der Waals surface area (Å²) in [5.41, 5.74) is 42.3. The number of fused-ring (bicyclic) bond motifs is 19. The Morgan fingerprint density at radius 3 is 1.21 bits per heavy atom. The number of hydrogen-bond acceptors (Lipinski definition) is 2. The molecule has 0 aliphatic heterocycles. The zero-order valence-corrected chi connectivity index (χ0v) is 75.1. The molecule has 12 aliphatic rings. The Bertz CT molecular complexity index is 6020. The Morgan fingerprint density at radius 1 is 0.342 bits per heavy atom. The average Bonchev–Trinajstić information content (AvgIpc) is 1.48. The zero-order chi connectivity index (χ0) is 81.6. The number of rotatable bonds is 28. The molecule has 4 fully saturated rings. The van der Waals surface area contributed by atoms with Crippen LogP contribution in [0.2, 0.25) is 0 Å². The third-order valence-electron chi connectivity index (χ3n) is 35.7. The number of unbranched alkanes of at least 4 members (excludes halogenated alkanes) is 8. The minimum absolute atomic E-state index is 0.0615. The molecule has 3 heteroatoms. The van der Waals surface area contributed by atoms with Gasteiger partial charge in [-0.1, -0.05) is 289 Å². The Labute approximate surface area is 719 Å². The lowest BCUT2D eigenvalue weighted by molar-refractivity contribution is 0.165. The van der Waals surface area contributed by atoms with E-state index in [9.17, 15) is 0 Å². The standard InChI is InChI=1S/C117H135N3/c1-13-21-25-28-34-86(20-8)117(85(19-7)33-27-23-15-3)101-63-78(75-37-43-88-87-35-29-30-36-96(87)114(9,10)97(88)59-75)40-46-91(101)92-47-41-79(64-102(92)117)76-39-45-90-89-44-38-74(60-98(89)115(11,12)99(90)61-76)77-42-48-93-94-65-95-107-103(67-118-111-82-55-70-49-71(56-82)52-80(51-70)105(107)111)120-104-68-119-112-83-57-72-50-73(58-83)54-81(53-72)106(112)108(104)109(113(95)120)110(94)116(100(93)62-77,66-69(17-5)31-24-16-4)84(18-6)32-26-22-14-2/h29-30,35-48,59-65,67-73,80-86H,13-28,31-34,49-58,66H2,1-12H3. The molecule has 24 rings (SSSR count). The maximum absolute atomic E-state index is 5.89. The second-order valence-corrected chi connectivity index (χ2v) is 42.6. The van der Waals surface area contributed by atoms with Crippen molar-refractivity contribution in [1.82, 2.24) is 14.4 Å². The van der Waals surface area contributed by atoms with E-state index in [4.69, 9.17) is 9.97 Å². The Hall–Kier alpha value is -8.14. The summed E-state index contributed by atoms with van der Waals surface area (Å²) in [5, 5.41) is 6.36. The van der Waals surface area contributed by atoms with Crippen LogP contribution in [-0.2, 0) is 21.7 Å². The van der Waals surface area contributed by atoms with E-state index in [-0.39, 0.29) is 21.7 Å². The molecule has 4 heterocycles. The van der Waals surface area contributed by atoms with E-state index in [2.05, 4.69) is 239 Å². The molecule has 10 atom stereocenters. The minimum atomic E-state index is -0.229. The van der Waals surface area contributed by atoms with Gasteiger partial charge in [-0.25, -0.2) is 0 Å². The molecule has 10 unspecified atom stereocenters. The summed E-state index contributed by atoms with van der Waals surface area (Å²) in [7, 11) is 0.